The molecular weight excluding hydrogens is 526 g/mol. The largest absolute Gasteiger partial charge is 0.394 e. The number of imidazole rings is 1. The number of hydrogen-bond donors (Lipinski definition) is 6. The summed E-state index contributed by atoms with van der Waals surface area (Å²) < 4.78 is 7.81. The summed E-state index contributed by atoms with van der Waals surface area (Å²) in [6.07, 6.45) is -4.75. The number of aliphatic hydroxyl groups excluding tert-OH is 5. The van der Waals surface area contributed by atoms with Gasteiger partial charge in [0.2, 0.25) is 0 Å². The zero-order chi connectivity index (χ0) is 28.2. The number of aliphatic hydroxyl groups is 5. The number of ether oxygens (including phenoxy) is 1. The van der Waals surface area contributed by atoms with Crippen LogP contribution in [0.5, 0.6) is 0 Å². The van der Waals surface area contributed by atoms with Gasteiger partial charge in [-0.25, -0.2) is 15.0 Å². The Kier molecular flexibility index (Phi) is 5.30. The van der Waals surface area contributed by atoms with Gasteiger partial charge >= 0.3 is 0 Å². The van der Waals surface area contributed by atoms with Gasteiger partial charge in [-0.1, -0.05) is 42.5 Å². The maximum atomic E-state index is 11.7. The first-order chi connectivity index (χ1) is 19.9. The predicted molar refractivity (Wildman–Crippen MR) is 150 cm³/mol. The molecule has 0 bridgehead atoms. The standard InChI is InChI=1S/C30H27N5O6/c31-28-23-29(33-10-32-28)35(11-34-23)30-22(25(38)17(9-36)41-30)21-20-15-7-6-13-3-1-2-12-4-5-14(19(15)18(12)13)8-16(20)24(37)27(40)26(21)39/h1-8,10-11,17,21-22,24-27,30,36-40H,9H2,(H2,31,32,33)/t17-,21+,22-,24+,25-,26-,27-,30-/m1/s1. The third-order valence-corrected chi connectivity index (χ3v) is 9.09. The zero-order valence-corrected chi connectivity index (χ0v) is 21.6. The van der Waals surface area contributed by atoms with E-state index < -0.39 is 55.2 Å². The second-order valence-corrected chi connectivity index (χ2v) is 11.1. The highest BCUT2D eigenvalue weighted by Crippen LogP contribution is 2.54. The smallest absolute Gasteiger partial charge is 0.167 e. The fourth-order valence-corrected chi connectivity index (χ4v) is 7.26. The number of aromatic nitrogens is 4. The third kappa shape index (κ3) is 3.27. The molecule has 1 aliphatic carbocycles. The summed E-state index contributed by atoms with van der Waals surface area (Å²) in [5.74, 6) is -1.61. The Bertz CT molecular complexity index is 1950. The molecule has 6 aromatic rings. The van der Waals surface area contributed by atoms with Crippen molar-refractivity contribution in [3.63, 3.8) is 0 Å². The van der Waals surface area contributed by atoms with E-state index in [4.69, 9.17) is 10.5 Å². The molecule has 0 amide bonds. The second-order valence-electron chi connectivity index (χ2n) is 11.1. The van der Waals surface area contributed by atoms with E-state index in [2.05, 4.69) is 15.0 Å². The lowest BCUT2D eigenvalue weighted by Crippen LogP contribution is -2.48. The normalized spacial score (nSPS) is 30.2. The molecule has 3 heterocycles. The maximum Gasteiger partial charge on any atom is 0.167 e. The molecule has 11 heteroatoms. The molecule has 0 unspecified atom stereocenters. The average Bonchev–Trinajstić information content (AvgIpc) is 3.56. The van der Waals surface area contributed by atoms with Crippen LogP contribution in [0.2, 0.25) is 0 Å². The molecule has 11 nitrogen and oxygen atoms in total. The Morgan fingerprint density at radius 1 is 0.854 bits per heavy atom. The lowest BCUT2D eigenvalue weighted by Gasteiger charge is -2.43. The predicted octanol–water partition coefficient (Wildman–Crippen LogP) is 1.73. The van der Waals surface area contributed by atoms with Crippen molar-refractivity contribution in [1.82, 2.24) is 19.5 Å². The number of nitrogens with two attached hydrogens (primary N) is 1. The van der Waals surface area contributed by atoms with Crippen LogP contribution in [0.1, 0.15) is 29.4 Å². The Morgan fingerprint density at radius 3 is 2.39 bits per heavy atom. The Morgan fingerprint density at radius 2 is 1.61 bits per heavy atom. The molecule has 0 spiro atoms. The summed E-state index contributed by atoms with van der Waals surface area (Å²) in [6, 6.07) is 15.9. The number of nitrogens with zero attached hydrogens (tertiary/aromatic N) is 4. The van der Waals surface area contributed by atoms with Crippen LogP contribution < -0.4 is 5.73 Å². The molecular formula is C30H27N5O6. The number of hydrogen-bond acceptors (Lipinski definition) is 10. The van der Waals surface area contributed by atoms with Crippen LogP contribution in [-0.2, 0) is 4.74 Å². The van der Waals surface area contributed by atoms with E-state index in [0.717, 1.165) is 32.3 Å². The van der Waals surface area contributed by atoms with Crippen molar-refractivity contribution < 1.29 is 30.3 Å². The zero-order valence-electron chi connectivity index (χ0n) is 21.6. The molecule has 4 aromatic carbocycles. The van der Waals surface area contributed by atoms with Gasteiger partial charge in [0.25, 0.3) is 0 Å². The molecule has 7 N–H and O–H groups in total. The summed E-state index contributed by atoms with van der Waals surface area (Å²) in [4.78, 5) is 12.7. The van der Waals surface area contributed by atoms with Crippen LogP contribution >= 0.6 is 0 Å². The summed E-state index contributed by atoms with van der Waals surface area (Å²) >= 11 is 0. The van der Waals surface area contributed by atoms with Gasteiger partial charge in [0, 0.05) is 11.8 Å². The maximum absolute atomic E-state index is 11.7. The van der Waals surface area contributed by atoms with Crippen molar-refractivity contribution >= 4 is 49.3 Å². The molecule has 0 radical (unpaired) electrons. The van der Waals surface area contributed by atoms with E-state index in [1.54, 1.807) is 4.57 Å². The molecule has 2 aliphatic rings. The molecule has 8 atom stereocenters. The highest BCUT2D eigenvalue weighted by atomic mass is 16.5. The Balaban J connectivity index is 1.41. The van der Waals surface area contributed by atoms with Crippen molar-refractivity contribution in [2.75, 3.05) is 12.3 Å². The average molecular weight is 554 g/mol. The highest BCUT2D eigenvalue weighted by Gasteiger charge is 2.55. The lowest BCUT2D eigenvalue weighted by molar-refractivity contribution is -0.101. The summed E-state index contributed by atoms with van der Waals surface area (Å²) in [7, 11) is 0. The summed E-state index contributed by atoms with van der Waals surface area (Å²) in [5.41, 5.74) is 7.82. The fraction of sp³-hybridized carbons (Fsp3) is 0.300. The van der Waals surface area contributed by atoms with Crippen molar-refractivity contribution in [2.45, 2.75) is 42.7 Å². The fourth-order valence-electron chi connectivity index (χ4n) is 7.26. The molecule has 1 fully saturated rings. The number of nitrogen functional groups attached to an aromatic ring is 1. The van der Waals surface area contributed by atoms with Gasteiger partial charge in [-0.3, -0.25) is 4.57 Å². The van der Waals surface area contributed by atoms with Crippen molar-refractivity contribution in [3.05, 3.63) is 72.3 Å². The van der Waals surface area contributed by atoms with Gasteiger partial charge in [0.05, 0.1) is 25.1 Å². The highest BCUT2D eigenvalue weighted by molar-refractivity contribution is 6.24. The number of fused-ring (bicyclic) bond motifs is 3. The second kappa shape index (κ2) is 8.76. The topological polar surface area (TPSA) is 180 Å². The van der Waals surface area contributed by atoms with Crippen LogP contribution in [0, 0.1) is 5.92 Å². The lowest BCUT2D eigenvalue weighted by atomic mass is 9.67. The van der Waals surface area contributed by atoms with Gasteiger partial charge in [-0.05, 0) is 49.5 Å². The first kappa shape index (κ1) is 24.8. The quantitative estimate of drug-likeness (QED) is 0.177. The van der Waals surface area contributed by atoms with Crippen LogP contribution in [0.4, 0.5) is 5.82 Å². The molecule has 1 aliphatic heterocycles. The van der Waals surface area contributed by atoms with Gasteiger partial charge in [-0.2, -0.15) is 0 Å². The molecule has 41 heavy (non-hydrogen) atoms. The SMILES string of the molecule is Nc1ncnc2c1ncn2[C@@H]1O[C@H](CO)[C@@H](O)[C@H]1[C@@H]1c2c(cc3ccc4cccc5ccc2c3c45)[C@H](O)[C@@H](O)[C@@H]1O. The van der Waals surface area contributed by atoms with E-state index >= 15 is 0 Å². The van der Waals surface area contributed by atoms with Crippen LogP contribution in [0.15, 0.2) is 61.2 Å². The molecule has 1 saturated heterocycles. The van der Waals surface area contributed by atoms with E-state index in [1.807, 2.05) is 48.5 Å². The minimum Gasteiger partial charge on any atom is -0.394 e. The van der Waals surface area contributed by atoms with Crippen molar-refractivity contribution in [1.29, 1.82) is 0 Å². The first-order valence-corrected chi connectivity index (χ1v) is 13.5. The van der Waals surface area contributed by atoms with E-state index in [9.17, 15) is 25.5 Å². The summed E-state index contributed by atoms with van der Waals surface area (Å²) in [6.45, 7) is -0.475. The van der Waals surface area contributed by atoms with E-state index in [0.29, 0.717) is 22.3 Å². The van der Waals surface area contributed by atoms with Crippen molar-refractivity contribution in [3.8, 4) is 0 Å². The van der Waals surface area contributed by atoms with Crippen LogP contribution in [-0.4, -0.2) is 76.1 Å². The van der Waals surface area contributed by atoms with Crippen LogP contribution in [0.3, 0.4) is 0 Å². The third-order valence-electron chi connectivity index (χ3n) is 9.09. The number of benzene rings is 4. The van der Waals surface area contributed by atoms with Gasteiger partial charge in [-0.15, -0.1) is 0 Å². The minimum absolute atomic E-state index is 0.174. The molecule has 8 rings (SSSR count). The van der Waals surface area contributed by atoms with Gasteiger partial charge in [0.15, 0.2) is 11.5 Å². The van der Waals surface area contributed by atoms with Gasteiger partial charge < -0.3 is 36.0 Å². The molecule has 2 aromatic heterocycles. The first-order valence-electron chi connectivity index (χ1n) is 13.5. The molecule has 0 saturated carbocycles. The summed E-state index contributed by atoms with van der Waals surface area (Å²) in [5, 5.41) is 61.6. The monoisotopic (exact) mass is 553 g/mol. The molecule has 208 valence electrons. The van der Waals surface area contributed by atoms with Crippen LogP contribution in [0.25, 0.3) is 43.5 Å². The van der Waals surface area contributed by atoms with Crippen molar-refractivity contribution in [2.24, 2.45) is 5.92 Å². The van der Waals surface area contributed by atoms with E-state index in [1.165, 1.54) is 12.7 Å². The number of anilines is 1. The number of rotatable bonds is 3. The Hall–Kier alpha value is -3.97. The van der Waals surface area contributed by atoms with E-state index in [-0.39, 0.29) is 5.82 Å². The Labute approximate surface area is 232 Å². The minimum atomic E-state index is -1.53. The van der Waals surface area contributed by atoms with Gasteiger partial charge in [0.1, 0.15) is 36.4 Å².